The second kappa shape index (κ2) is 3.26. The van der Waals surface area contributed by atoms with Gasteiger partial charge in [-0.25, -0.2) is 4.98 Å². The van der Waals surface area contributed by atoms with Crippen molar-refractivity contribution in [3.63, 3.8) is 0 Å². The number of rotatable bonds is 1. The molecule has 1 heterocycles. The van der Waals surface area contributed by atoms with Crippen molar-refractivity contribution in [2.24, 2.45) is 12.8 Å². The summed E-state index contributed by atoms with van der Waals surface area (Å²) in [6, 6.07) is 3.95. The van der Waals surface area contributed by atoms with E-state index in [0.717, 1.165) is 27.4 Å². The maximum atomic E-state index is 6.14. The first-order chi connectivity index (χ1) is 6.63. The van der Waals surface area contributed by atoms with Crippen LogP contribution in [0.2, 0.25) is 5.02 Å². The number of imidazole rings is 1. The molecule has 0 aliphatic carbocycles. The molecule has 0 aliphatic heterocycles. The zero-order valence-corrected chi connectivity index (χ0v) is 8.97. The van der Waals surface area contributed by atoms with Gasteiger partial charge in [0.15, 0.2) is 0 Å². The fourth-order valence-corrected chi connectivity index (χ4v) is 2.05. The standard InChI is InChI=1S/C10H12ClN3/c1-6-3-7(11)10-8(4-6)13-9(5-12)14(10)2/h3-4H,5,12H2,1-2H3. The Labute approximate surface area is 87.5 Å². The van der Waals surface area contributed by atoms with Gasteiger partial charge in [0, 0.05) is 7.05 Å². The fourth-order valence-electron chi connectivity index (χ4n) is 1.66. The van der Waals surface area contributed by atoms with E-state index < -0.39 is 0 Å². The Kier molecular flexibility index (Phi) is 2.21. The Bertz CT molecular complexity index is 488. The van der Waals surface area contributed by atoms with Gasteiger partial charge in [-0.1, -0.05) is 11.6 Å². The van der Waals surface area contributed by atoms with Crippen LogP contribution in [0.4, 0.5) is 0 Å². The van der Waals surface area contributed by atoms with Crippen molar-refractivity contribution < 1.29 is 0 Å². The molecule has 74 valence electrons. The molecular weight excluding hydrogens is 198 g/mol. The third kappa shape index (κ3) is 1.29. The summed E-state index contributed by atoms with van der Waals surface area (Å²) >= 11 is 6.14. The molecule has 0 atom stereocenters. The van der Waals surface area contributed by atoms with E-state index in [1.165, 1.54) is 0 Å². The van der Waals surface area contributed by atoms with Crippen LogP contribution >= 0.6 is 11.6 Å². The molecule has 0 radical (unpaired) electrons. The van der Waals surface area contributed by atoms with Gasteiger partial charge in [0.05, 0.1) is 22.6 Å². The molecule has 2 rings (SSSR count). The highest BCUT2D eigenvalue weighted by Crippen LogP contribution is 2.25. The van der Waals surface area contributed by atoms with E-state index in [1.54, 1.807) is 0 Å². The number of nitrogens with two attached hydrogens (primary N) is 1. The monoisotopic (exact) mass is 209 g/mol. The van der Waals surface area contributed by atoms with Crippen LogP contribution in [0.25, 0.3) is 11.0 Å². The van der Waals surface area contributed by atoms with Crippen LogP contribution in [-0.2, 0) is 13.6 Å². The molecule has 2 N–H and O–H groups in total. The van der Waals surface area contributed by atoms with Crippen LogP contribution in [0.1, 0.15) is 11.4 Å². The number of halogens is 1. The van der Waals surface area contributed by atoms with E-state index in [9.17, 15) is 0 Å². The Balaban J connectivity index is 2.85. The van der Waals surface area contributed by atoms with Crippen molar-refractivity contribution in [1.82, 2.24) is 9.55 Å². The highest BCUT2D eigenvalue weighted by molar-refractivity contribution is 6.35. The zero-order chi connectivity index (χ0) is 10.3. The first kappa shape index (κ1) is 9.49. The van der Waals surface area contributed by atoms with Crippen molar-refractivity contribution in [3.8, 4) is 0 Å². The number of hydrogen-bond donors (Lipinski definition) is 1. The molecule has 1 aromatic carbocycles. The first-order valence-electron chi connectivity index (χ1n) is 4.45. The van der Waals surface area contributed by atoms with Gasteiger partial charge in [0.2, 0.25) is 0 Å². The summed E-state index contributed by atoms with van der Waals surface area (Å²) in [6.07, 6.45) is 0. The molecule has 0 bridgehead atoms. The van der Waals surface area contributed by atoms with Gasteiger partial charge in [-0.15, -0.1) is 0 Å². The minimum atomic E-state index is 0.431. The molecule has 1 aromatic heterocycles. The lowest BCUT2D eigenvalue weighted by Crippen LogP contribution is -2.04. The predicted octanol–water partition coefficient (Wildman–Crippen LogP) is 1.99. The van der Waals surface area contributed by atoms with Gasteiger partial charge in [-0.05, 0) is 24.6 Å². The van der Waals surface area contributed by atoms with Crippen LogP contribution < -0.4 is 5.73 Å². The smallest absolute Gasteiger partial charge is 0.123 e. The first-order valence-corrected chi connectivity index (χ1v) is 4.83. The quantitative estimate of drug-likeness (QED) is 0.781. The molecule has 14 heavy (non-hydrogen) atoms. The van der Waals surface area contributed by atoms with Crippen molar-refractivity contribution in [2.75, 3.05) is 0 Å². The molecule has 0 saturated carbocycles. The number of aryl methyl sites for hydroxylation is 2. The van der Waals surface area contributed by atoms with Gasteiger partial charge in [0.1, 0.15) is 5.82 Å². The van der Waals surface area contributed by atoms with E-state index >= 15 is 0 Å². The van der Waals surface area contributed by atoms with Crippen molar-refractivity contribution >= 4 is 22.6 Å². The second-order valence-electron chi connectivity index (χ2n) is 3.41. The zero-order valence-electron chi connectivity index (χ0n) is 8.21. The normalized spacial score (nSPS) is 11.1. The minimum absolute atomic E-state index is 0.431. The van der Waals surface area contributed by atoms with Gasteiger partial charge in [0.25, 0.3) is 0 Å². The second-order valence-corrected chi connectivity index (χ2v) is 3.81. The topological polar surface area (TPSA) is 43.8 Å². The summed E-state index contributed by atoms with van der Waals surface area (Å²) in [5, 5.41) is 0.731. The third-order valence-corrected chi connectivity index (χ3v) is 2.63. The summed E-state index contributed by atoms with van der Waals surface area (Å²) in [5.74, 6) is 0.854. The van der Waals surface area contributed by atoms with E-state index in [4.69, 9.17) is 17.3 Å². The van der Waals surface area contributed by atoms with E-state index in [1.807, 2.05) is 30.7 Å². The number of hydrogen-bond acceptors (Lipinski definition) is 2. The summed E-state index contributed by atoms with van der Waals surface area (Å²) in [4.78, 5) is 4.41. The molecule has 0 amide bonds. The molecule has 4 heteroatoms. The van der Waals surface area contributed by atoms with Crippen LogP contribution in [0.15, 0.2) is 12.1 Å². The maximum absolute atomic E-state index is 6.14. The van der Waals surface area contributed by atoms with E-state index in [-0.39, 0.29) is 0 Å². The fraction of sp³-hybridized carbons (Fsp3) is 0.300. The molecule has 3 nitrogen and oxygen atoms in total. The summed E-state index contributed by atoms with van der Waals surface area (Å²) in [6.45, 7) is 2.43. The Hall–Kier alpha value is -1.06. The SMILES string of the molecule is Cc1cc(Cl)c2c(c1)nc(CN)n2C. The minimum Gasteiger partial charge on any atom is -0.329 e. The molecule has 0 saturated heterocycles. The van der Waals surface area contributed by atoms with Gasteiger partial charge in [-0.2, -0.15) is 0 Å². The molecular formula is C10H12ClN3. The van der Waals surface area contributed by atoms with Gasteiger partial charge < -0.3 is 10.3 Å². The van der Waals surface area contributed by atoms with Crippen molar-refractivity contribution in [3.05, 3.63) is 28.5 Å². The molecule has 2 aromatic rings. The average molecular weight is 210 g/mol. The lowest BCUT2D eigenvalue weighted by Gasteiger charge is -2.01. The number of benzene rings is 1. The lowest BCUT2D eigenvalue weighted by atomic mass is 10.2. The van der Waals surface area contributed by atoms with Crippen LogP contribution in [0.3, 0.4) is 0 Å². The summed E-state index contributed by atoms with van der Waals surface area (Å²) in [7, 11) is 1.93. The van der Waals surface area contributed by atoms with Crippen molar-refractivity contribution in [1.29, 1.82) is 0 Å². The Morgan fingerprint density at radius 1 is 1.50 bits per heavy atom. The van der Waals surface area contributed by atoms with Crippen LogP contribution in [0.5, 0.6) is 0 Å². The summed E-state index contributed by atoms with van der Waals surface area (Å²) < 4.78 is 1.94. The largest absolute Gasteiger partial charge is 0.329 e. The third-order valence-electron chi connectivity index (χ3n) is 2.34. The van der Waals surface area contributed by atoms with Crippen LogP contribution in [0, 0.1) is 6.92 Å². The van der Waals surface area contributed by atoms with Crippen molar-refractivity contribution in [2.45, 2.75) is 13.5 Å². The lowest BCUT2D eigenvalue weighted by molar-refractivity contribution is 0.813. The number of nitrogens with zero attached hydrogens (tertiary/aromatic N) is 2. The van der Waals surface area contributed by atoms with E-state index in [2.05, 4.69) is 4.98 Å². The molecule has 0 fully saturated rings. The molecule has 0 unspecified atom stereocenters. The Morgan fingerprint density at radius 2 is 2.21 bits per heavy atom. The number of aromatic nitrogens is 2. The van der Waals surface area contributed by atoms with Gasteiger partial charge in [-0.3, -0.25) is 0 Å². The van der Waals surface area contributed by atoms with Crippen LogP contribution in [-0.4, -0.2) is 9.55 Å². The molecule has 0 spiro atoms. The summed E-state index contributed by atoms with van der Waals surface area (Å²) in [5.41, 5.74) is 8.56. The highest BCUT2D eigenvalue weighted by atomic mass is 35.5. The maximum Gasteiger partial charge on any atom is 0.123 e. The predicted molar refractivity (Wildman–Crippen MR) is 58.4 cm³/mol. The van der Waals surface area contributed by atoms with Gasteiger partial charge >= 0.3 is 0 Å². The van der Waals surface area contributed by atoms with E-state index in [0.29, 0.717) is 6.54 Å². The molecule has 0 aliphatic rings. The Morgan fingerprint density at radius 3 is 2.86 bits per heavy atom. The number of fused-ring (bicyclic) bond motifs is 1. The average Bonchev–Trinajstić information content (AvgIpc) is 2.42. The highest BCUT2D eigenvalue weighted by Gasteiger charge is 2.09.